The highest BCUT2D eigenvalue weighted by Gasteiger charge is 2.23. The van der Waals surface area contributed by atoms with Crippen molar-refractivity contribution in [3.8, 4) is 11.5 Å². The molecule has 1 aliphatic rings. The molecule has 9 nitrogen and oxygen atoms in total. The molecule has 0 saturated heterocycles. The predicted molar refractivity (Wildman–Crippen MR) is 133 cm³/mol. The van der Waals surface area contributed by atoms with Gasteiger partial charge in [0.1, 0.15) is 24.2 Å². The van der Waals surface area contributed by atoms with Crippen LogP contribution in [0.2, 0.25) is 0 Å². The molecule has 0 aromatic heterocycles. The third-order valence-electron chi connectivity index (χ3n) is 5.97. The van der Waals surface area contributed by atoms with Crippen LogP contribution < -0.4 is 14.8 Å². The van der Waals surface area contributed by atoms with Crippen molar-refractivity contribution in [1.29, 1.82) is 0 Å². The van der Waals surface area contributed by atoms with Gasteiger partial charge in [-0.2, -0.15) is 0 Å². The predicted octanol–water partition coefficient (Wildman–Crippen LogP) is 3.00. The number of aromatic hydroxyl groups is 1. The molecule has 0 radical (unpaired) electrons. The van der Waals surface area contributed by atoms with E-state index in [1.54, 1.807) is 6.92 Å². The number of hydrogen-bond acceptors (Lipinski definition) is 8. The molecule has 2 aromatic carbocycles. The number of sulfonamides is 1. The summed E-state index contributed by atoms with van der Waals surface area (Å²) >= 11 is 0. The topological polar surface area (TPSA) is 134 Å². The lowest BCUT2D eigenvalue weighted by Gasteiger charge is -2.30. The van der Waals surface area contributed by atoms with Crippen molar-refractivity contribution in [3.63, 3.8) is 0 Å². The fourth-order valence-electron chi connectivity index (χ4n) is 4.18. The zero-order valence-electron chi connectivity index (χ0n) is 20.1. The highest BCUT2D eigenvalue weighted by Crippen LogP contribution is 2.33. The van der Waals surface area contributed by atoms with Crippen LogP contribution in [-0.2, 0) is 14.8 Å². The molecule has 1 saturated carbocycles. The number of benzene rings is 2. The molecule has 1 fully saturated rings. The van der Waals surface area contributed by atoms with Crippen LogP contribution in [0.25, 0.3) is 0 Å². The van der Waals surface area contributed by atoms with E-state index >= 15 is 0 Å². The van der Waals surface area contributed by atoms with Crippen LogP contribution in [0.5, 0.6) is 11.5 Å². The van der Waals surface area contributed by atoms with E-state index in [4.69, 9.17) is 9.47 Å². The Balaban J connectivity index is 1.40. The first-order chi connectivity index (χ1) is 16.6. The number of nitrogens with one attached hydrogen (secondary N) is 2. The molecule has 10 heteroatoms. The Morgan fingerprint density at radius 3 is 2.43 bits per heavy atom. The third kappa shape index (κ3) is 8.41. The van der Waals surface area contributed by atoms with E-state index in [2.05, 4.69) is 10.0 Å². The Morgan fingerprint density at radius 2 is 1.80 bits per heavy atom. The normalized spacial score (nSPS) is 19.1. The summed E-state index contributed by atoms with van der Waals surface area (Å²) in [5.41, 5.74) is 1.81. The lowest BCUT2D eigenvalue weighted by atomic mass is 9.81. The highest BCUT2D eigenvalue weighted by molar-refractivity contribution is 7.92. The van der Waals surface area contributed by atoms with E-state index in [1.807, 2.05) is 24.3 Å². The van der Waals surface area contributed by atoms with Crippen LogP contribution in [0.1, 0.15) is 54.4 Å². The number of esters is 1. The van der Waals surface area contributed by atoms with E-state index in [0.29, 0.717) is 36.4 Å². The number of hydrogen-bond donors (Lipinski definition) is 4. The molecule has 0 heterocycles. The molecule has 2 aromatic rings. The van der Waals surface area contributed by atoms with Crippen molar-refractivity contribution in [2.24, 2.45) is 0 Å². The fourth-order valence-corrected chi connectivity index (χ4v) is 4.74. The van der Waals surface area contributed by atoms with Crippen molar-refractivity contribution < 1.29 is 32.9 Å². The van der Waals surface area contributed by atoms with Gasteiger partial charge in [-0.05, 0) is 68.4 Å². The molecule has 0 bridgehead atoms. The van der Waals surface area contributed by atoms with Crippen molar-refractivity contribution in [2.45, 2.75) is 50.7 Å². The van der Waals surface area contributed by atoms with Gasteiger partial charge < -0.3 is 25.0 Å². The van der Waals surface area contributed by atoms with E-state index in [9.17, 15) is 23.4 Å². The zero-order valence-corrected chi connectivity index (χ0v) is 20.9. The Bertz CT molecular complexity index is 1080. The van der Waals surface area contributed by atoms with Crippen LogP contribution in [0.3, 0.4) is 0 Å². The van der Waals surface area contributed by atoms with E-state index < -0.39 is 16.1 Å². The molecule has 0 spiro atoms. The molecule has 1 atom stereocenters. The van der Waals surface area contributed by atoms with Gasteiger partial charge in [0, 0.05) is 18.7 Å². The maximum absolute atomic E-state index is 11.8. The number of carbonyl (C=O) groups excluding carboxylic acids is 1. The maximum Gasteiger partial charge on any atom is 0.338 e. The number of ether oxygens (including phenoxy) is 2. The number of aliphatic hydroxyl groups excluding tert-OH is 1. The van der Waals surface area contributed by atoms with Crippen molar-refractivity contribution >= 4 is 21.7 Å². The SMILES string of the molecule is CCOC(=O)c1ccc(C2CCC(NC[C@H](O)COc3ccc(O)c(NS(C)(=O)=O)c3)CC2)cc1. The van der Waals surface area contributed by atoms with Gasteiger partial charge in [0.15, 0.2) is 0 Å². The van der Waals surface area contributed by atoms with Gasteiger partial charge in [0.2, 0.25) is 10.0 Å². The lowest BCUT2D eigenvalue weighted by Crippen LogP contribution is -2.39. The number of phenols is 1. The summed E-state index contributed by atoms with van der Waals surface area (Å²) in [6.07, 6.45) is 4.25. The number of phenolic OH excluding ortho intramolecular Hbond substituents is 1. The van der Waals surface area contributed by atoms with Crippen LogP contribution in [-0.4, -0.2) is 62.8 Å². The molecule has 0 unspecified atom stereocenters. The Kier molecular flexibility index (Phi) is 9.36. The molecule has 35 heavy (non-hydrogen) atoms. The minimum atomic E-state index is -3.54. The minimum Gasteiger partial charge on any atom is -0.506 e. The van der Waals surface area contributed by atoms with Gasteiger partial charge in [-0.15, -0.1) is 0 Å². The number of aliphatic hydroxyl groups is 1. The average molecular weight is 507 g/mol. The molecule has 0 aliphatic heterocycles. The van der Waals surface area contributed by atoms with E-state index in [0.717, 1.165) is 31.9 Å². The smallest absolute Gasteiger partial charge is 0.338 e. The third-order valence-corrected chi connectivity index (χ3v) is 6.56. The van der Waals surface area contributed by atoms with Gasteiger partial charge in [-0.3, -0.25) is 4.72 Å². The monoisotopic (exact) mass is 506 g/mol. The minimum absolute atomic E-state index is 0.0184. The highest BCUT2D eigenvalue weighted by atomic mass is 32.2. The standard InChI is InChI=1S/C25H34N2O7S/c1-3-33-25(30)19-6-4-17(5-7-19)18-8-10-20(11-9-18)26-15-21(28)16-34-22-12-13-24(29)23(14-22)27-35(2,31)32/h4-7,12-14,18,20-21,26-29H,3,8-11,15-16H2,1-2H3/t18?,20?,21-/m0/s1. The van der Waals surface area contributed by atoms with E-state index in [1.165, 1.54) is 23.8 Å². The first-order valence-corrected chi connectivity index (χ1v) is 13.7. The van der Waals surface area contributed by atoms with E-state index in [-0.39, 0.29) is 24.0 Å². The summed E-state index contributed by atoms with van der Waals surface area (Å²) < 4.78 is 35.6. The number of rotatable bonds is 11. The second-order valence-corrected chi connectivity index (χ2v) is 10.6. The number of anilines is 1. The van der Waals surface area contributed by atoms with Crippen molar-refractivity contribution in [3.05, 3.63) is 53.6 Å². The molecular weight excluding hydrogens is 472 g/mol. The molecular formula is C25H34N2O7S. The number of carbonyl (C=O) groups is 1. The van der Waals surface area contributed by atoms with Gasteiger partial charge in [-0.1, -0.05) is 12.1 Å². The maximum atomic E-state index is 11.8. The summed E-state index contributed by atoms with van der Waals surface area (Å²) in [6.45, 7) is 2.55. The van der Waals surface area contributed by atoms with Crippen LogP contribution in [0, 0.1) is 0 Å². The fraction of sp³-hybridized carbons (Fsp3) is 0.480. The Labute approximate surface area is 206 Å². The van der Waals surface area contributed by atoms with Gasteiger partial charge in [0.25, 0.3) is 0 Å². The van der Waals surface area contributed by atoms with Crippen LogP contribution in [0.4, 0.5) is 5.69 Å². The molecule has 3 rings (SSSR count). The largest absolute Gasteiger partial charge is 0.506 e. The Morgan fingerprint density at radius 1 is 1.11 bits per heavy atom. The van der Waals surface area contributed by atoms with Gasteiger partial charge in [-0.25, -0.2) is 13.2 Å². The molecule has 0 amide bonds. The van der Waals surface area contributed by atoms with Crippen molar-refractivity contribution in [2.75, 3.05) is 30.7 Å². The van der Waals surface area contributed by atoms with Gasteiger partial charge in [0.05, 0.1) is 24.1 Å². The average Bonchev–Trinajstić information content (AvgIpc) is 2.83. The summed E-state index contributed by atoms with van der Waals surface area (Å²) in [5.74, 6) is 0.269. The van der Waals surface area contributed by atoms with Crippen molar-refractivity contribution in [1.82, 2.24) is 5.32 Å². The van der Waals surface area contributed by atoms with Gasteiger partial charge >= 0.3 is 5.97 Å². The second kappa shape index (κ2) is 12.2. The Hall–Kier alpha value is -2.82. The summed E-state index contributed by atoms with van der Waals surface area (Å²) in [6, 6.07) is 12.2. The van der Waals surface area contributed by atoms with Crippen LogP contribution in [0.15, 0.2) is 42.5 Å². The zero-order chi connectivity index (χ0) is 25.4. The lowest BCUT2D eigenvalue weighted by molar-refractivity contribution is 0.0526. The first kappa shape index (κ1) is 26.8. The quantitative estimate of drug-likeness (QED) is 0.270. The molecule has 4 N–H and O–H groups in total. The molecule has 192 valence electrons. The summed E-state index contributed by atoms with van der Waals surface area (Å²) in [5, 5.41) is 23.5. The summed E-state index contributed by atoms with van der Waals surface area (Å²) in [4.78, 5) is 11.8. The first-order valence-electron chi connectivity index (χ1n) is 11.8. The second-order valence-electron chi connectivity index (χ2n) is 8.82. The van der Waals surface area contributed by atoms with Crippen LogP contribution >= 0.6 is 0 Å². The summed E-state index contributed by atoms with van der Waals surface area (Å²) in [7, 11) is -3.54. The molecule has 1 aliphatic carbocycles.